The van der Waals surface area contributed by atoms with Crippen LogP contribution in [0.2, 0.25) is 0 Å². The fourth-order valence-electron chi connectivity index (χ4n) is 3.89. The number of alkyl carbamates (subject to hydrolysis) is 1. The van der Waals surface area contributed by atoms with E-state index in [1.165, 1.54) is 5.56 Å². The SMILES string of the molecule is CC(C)(C)OC(=O)NCCOCCOCCNc1nc(NCC2CCCO2)nc(-c2ccc(C(C)(C)C)cc2)n1. The van der Waals surface area contributed by atoms with E-state index in [9.17, 15) is 4.79 Å². The van der Waals surface area contributed by atoms with Crippen molar-refractivity contribution in [2.45, 2.75) is 71.5 Å². The van der Waals surface area contributed by atoms with Gasteiger partial charge in [0.25, 0.3) is 0 Å². The zero-order valence-electron chi connectivity index (χ0n) is 24.8. The maximum atomic E-state index is 11.6. The van der Waals surface area contributed by atoms with Crippen LogP contribution in [-0.2, 0) is 24.4 Å². The predicted molar refractivity (Wildman–Crippen MR) is 156 cm³/mol. The highest BCUT2D eigenvalue weighted by molar-refractivity contribution is 5.67. The number of aromatic nitrogens is 3. The van der Waals surface area contributed by atoms with Gasteiger partial charge in [0.15, 0.2) is 5.82 Å². The van der Waals surface area contributed by atoms with Gasteiger partial charge in [0, 0.05) is 31.8 Å². The van der Waals surface area contributed by atoms with Gasteiger partial charge in [0.2, 0.25) is 11.9 Å². The first-order valence-corrected chi connectivity index (χ1v) is 14.1. The van der Waals surface area contributed by atoms with E-state index in [4.69, 9.17) is 18.9 Å². The smallest absolute Gasteiger partial charge is 0.407 e. The van der Waals surface area contributed by atoms with Crippen LogP contribution in [0.5, 0.6) is 0 Å². The summed E-state index contributed by atoms with van der Waals surface area (Å²) in [4.78, 5) is 25.5. The molecule has 1 unspecified atom stereocenters. The average Bonchev–Trinajstić information content (AvgIpc) is 3.41. The molecular weight excluding hydrogens is 512 g/mol. The second-order valence-corrected chi connectivity index (χ2v) is 11.7. The molecule has 40 heavy (non-hydrogen) atoms. The van der Waals surface area contributed by atoms with Crippen molar-refractivity contribution in [1.82, 2.24) is 20.3 Å². The number of anilines is 2. The molecule has 0 radical (unpaired) electrons. The van der Waals surface area contributed by atoms with Gasteiger partial charge in [0.1, 0.15) is 5.60 Å². The lowest BCUT2D eigenvalue weighted by Crippen LogP contribution is -2.34. The zero-order chi connectivity index (χ0) is 29.0. The molecule has 1 fully saturated rings. The molecule has 0 bridgehead atoms. The Balaban J connectivity index is 1.44. The van der Waals surface area contributed by atoms with Gasteiger partial charge >= 0.3 is 6.09 Å². The van der Waals surface area contributed by atoms with Crippen LogP contribution in [0.1, 0.15) is 59.9 Å². The summed E-state index contributed by atoms with van der Waals surface area (Å²) in [5.74, 6) is 1.59. The molecule has 2 heterocycles. The molecule has 2 aromatic rings. The molecule has 11 nitrogen and oxygen atoms in total. The summed E-state index contributed by atoms with van der Waals surface area (Å²) >= 11 is 0. The van der Waals surface area contributed by atoms with Crippen molar-refractivity contribution in [3.8, 4) is 11.4 Å². The minimum absolute atomic E-state index is 0.0698. The van der Waals surface area contributed by atoms with Gasteiger partial charge in [-0.3, -0.25) is 0 Å². The molecule has 1 atom stereocenters. The Labute approximate surface area is 238 Å². The van der Waals surface area contributed by atoms with E-state index < -0.39 is 11.7 Å². The number of nitrogens with one attached hydrogen (secondary N) is 3. The van der Waals surface area contributed by atoms with E-state index in [1.54, 1.807) is 0 Å². The minimum Gasteiger partial charge on any atom is -0.444 e. The summed E-state index contributed by atoms with van der Waals surface area (Å²) in [5.41, 5.74) is 1.73. The lowest BCUT2D eigenvalue weighted by atomic mass is 9.87. The van der Waals surface area contributed by atoms with Crippen molar-refractivity contribution in [1.29, 1.82) is 0 Å². The number of hydrogen-bond donors (Lipinski definition) is 3. The zero-order valence-corrected chi connectivity index (χ0v) is 24.8. The lowest BCUT2D eigenvalue weighted by Gasteiger charge is -2.19. The topological polar surface area (TPSA) is 129 Å². The van der Waals surface area contributed by atoms with Crippen LogP contribution < -0.4 is 16.0 Å². The van der Waals surface area contributed by atoms with Crippen molar-refractivity contribution in [3.63, 3.8) is 0 Å². The molecule has 1 aliphatic rings. The predicted octanol–water partition coefficient (Wildman–Crippen LogP) is 4.40. The van der Waals surface area contributed by atoms with Crippen LogP contribution in [0, 0.1) is 0 Å². The van der Waals surface area contributed by atoms with E-state index in [2.05, 4.69) is 75.9 Å². The van der Waals surface area contributed by atoms with Crippen LogP contribution in [-0.4, -0.2) is 85.4 Å². The van der Waals surface area contributed by atoms with Crippen LogP contribution in [0.15, 0.2) is 24.3 Å². The molecular formula is C29H46N6O5. The number of hydrogen-bond acceptors (Lipinski definition) is 10. The highest BCUT2D eigenvalue weighted by Gasteiger charge is 2.18. The molecule has 3 rings (SSSR count). The van der Waals surface area contributed by atoms with E-state index in [0.717, 1.165) is 25.0 Å². The fourth-order valence-corrected chi connectivity index (χ4v) is 3.89. The molecule has 0 saturated carbocycles. The van der Waals surface area contributed by atoms with Crippen LogP contribution >= 0.6 is 0 Å². The average molecular weight is 559 g/mol. The summed E-state index contributed by atoms with van der Waals surface area (Å²) in [6.45, 7) is 16.1. The number of carbonyl (C=O) groups excluding carboxylic acids is 1. The van der Waals surface area contributed by atoms with E-state index >= 15 is 0 Å². The van der Waals surface area contributed by atoms with Gasteiger partial charge < -0.3 is 34.9 Å². The van der Waals surface area contributed by atoms with Crippen molar-refractivity contribution < 1.29 is 23.7 Å². The molecule has 3 N–H and O–H groups in total. The van der Waals surface area contributed by atoms with E-state index in [0.29, 0.717) is 63.8 Å². The Morgan fingerprint density at radius 2 is 1.55 bits per heavy atom. The Hall–Kier alpha value is -3.02. The second-order valence-electron chi connectivity index (χ2n) is 11.7. The first-order chi connectivity index (χ1) is 19.0. The number of carbonyl (C=O) groups is 1. The first kappa shape index (κ1) is 31.5. The van der Waals surface area contributed by atoms with Crippen molar-refractivity contribution >= 4 is 18.0 Å². The maximum absolute atomic E-state index is 11.6. The molecule has 0 spiro atoms. The number of amides is 1. The highest BCUT2D eigenvalue weighted by Crippen LogP contribution is 2.25. The van der Waals surface area contributed by atoms with Gasteiger partial charge in [0.05, 0.1) is 32.5 Å². The van der Waals surface area contributed by atoms with Crippen LogP contribution in [0.3, 0.4) is 0 Å². The third kappa shape index (κ3) is 11.6. The normalized spacial score (nSPS) is 15.6. The summed E-state index contributed by atoms with van der Waals surface area (Å²) in [5, 5.41) is 9.21. The molecule has 1 aromatic heterocycles. The Kier molecular flexibility index (Phi) is 11.9. The summed E-state index contributed by atoms with van der Waals surface area (Å²) in [6, 6.07) is 8.34. The maximum Gasteiger partial charge on any atom is 0.407 e. The van der Waals surface area contributed by atoms with Gasteiger partial charge in [-0.25, -0.2) is 4.79 Å². The van der Waals surface area contributed by atoms with Gasteiger partial charge in [-0.15, -0.1) is 0 Å². The summed E-state index contributed by atoms with van der Waals surface area (Å²) < 4.78 is 22.0. The quantitative estimate of drug-likeness (QED) is 0.287. The summed E-state index contributed by atoms with van der Waals surface area (Å²) in [7, 11) is 0. The molecule has 1 aromatic carbocycles. The Morgan fingerprint density at radius 3 is 2.15 bits per heavy atom. The van der Waals surface area contributed by atoms with E-state index in [-0.39, 0.29) is 11.5 Å². The molecule has 11 heteroatoms. The number of nitrogens with zero attached hydrogens (tertiary/aromatic N) is 3. The Morgan fingerprint density at radius 1 is 0.900 bits per heavy atom. The Bertz CT molecular complexity index is 1050. The van der Waals surface area contributed by atoms with Gasteiger partial charge in [-0.2, -0.15) is 15.0 Å². The van der Waals surface area contributed by atoms with Crippen molar-refractivity contribution in [2.75, 3.05) is 63.3 Å². The summed E-state index contributed by atoms with van der Waals surface area (Å²) in [6.07, 6.45) is 1.83. The molecule has 1 amide bonds. The monoisotopic (exact) mass is 558 g/mol. The largest absolute Gasteiger partial charge is 0.444 e. The molecule has 1 aliphatic heterocycles. The van der Waals surface area contributed by atoms with E-state index in [1.807, 2.05) is 20.8 Å². The van der Waals surface area contributed by atoms with Crippen LogP contribution in [0.4, 0.5) is 16.7 Å². The van der Waals surface area contributed by atoms with Gasteiger partial charge in [-0.1, -0.05) is 45.0 Å². The third-order valence-electron chi connectivity index (χ3n) is 5.97. The minimum atomic E-state index is -0.518. The highest BCUT2D eigenvalue weighted by atomic mass is 16.6. The van der Waals surface area contributed by atoms with Crippen LogP contribution in [0.25, 0.3) is 11.4 Å². The number of benzene rings is 1. The van der Waals surface area contributed by atoms with Crippen molar-refractivity contribution in [3.05, 3.63) is 29.8 Å². The second kappa shape index (κ2) is 15.1. The standard InChI is InChI=1S/C29H46N6O5/c1-28(2,3)22-11-9-21(10-12-22)24-33-25(35-26(34-24)32-20-23-8-7-15-39-23)30-13-16-37-18-19-38-17-14-31-27(36)40-29(4,5)6/h9-12,23H,7-8,13-20H2,1-6H3,(H,31,36)(H2,30,32,33,34,35). The number of ether oxygens (including phenoxy) is 4. The molecule has 0 aliphatic carbocycles. The fraction of sp³-hybridized carbons (Fsp3) is 0.655. The lowest BCUT2D eigenvalue weighted by molar-refractivity contribution is 0.0415. The third-order valence-corrected chi connectivity index (χ3v) is 5.97. The molecule has 1 saturated heterocycles. The molecule has 222 valence electrons. The first-order valence-electron chi connectivity index (χ1n) is 14.1. The number of rotatable bonds is 14. The van der Waals surface area contributed by atoms with Gasteiger partial charge in [-0.05, 0) is 44.6 Å². The van der Waals surface area contributed by atoms with Crippen molar-refractivity contribution in [2.24, 2.45) is 0 Å².